The molecule has 4 nitrogen and oxygen atoms in total. The smallest absolute Gasteiger partial charge is 0.164 e. The third kappa shape index (κ3) is 5.07. The molecule has 0 saturated carbocycles. The van der Waals surface area contributed by atoms with Crippen molar-refractivity contribution >= 4 is 32.3 Å². The molecule has 0 aliphatic rings. The highest BCUT2D eigenvalue weighted by Crippen LogP contribution is 2.45. The summed E-state index contributed by atoms with van der Waals surface area (Å²) in [5.41, 5.74) is 5.75. The van der Waals surface area contributed by atoms with Gasteiger partial charge in [-0.15, -0.1) is 0 Å². The Balaban J connectivity index is 1.30. The summed E-state index contributed by atoms with van der Waals surface area (Å²) in [7, 11) is 0. The van der Waals surface area contributed by atoms with Crippen LogP contribution in [0.25, 0.3) is 88.7 Å². The van der Waals surface area contributed by atoms with Crippen LogP contribution in [0.3, 0.4) is 0 Å². The summed E-state index contributed by atoms with van der Waals surface area (Å²) in [6, 6.07) is 57.5. The predicted molar refractivity (Wildman–Crippen MR) is 201 cm³/mol. The lowest BCUT2D eigenvalue weighted by Crippen LogP contribution is -2.01. The van der Waals surface area contributed by atoms with Crippen LogP contribution in [0, 0.1) is 0 Å². The van der Waals surface area contributed by atoms with E-state index in [9.17, 15) is 5.11 Å². The molecule has 0 fully saturated rings. The van der Waals surface area contributed by atoms with Crippen molar-refractivity contribution in [3.8, 4) is 62.2 Å². The first-order chi connectivity index (χ1) is 24.2. The minimum atomic E-state index is 0.181. The van der Waals surface area contributed by atoms with Crippen molar-refractivity contribution in [3.05, 3.63) is 170 Å². The molecule has 0 aliphatic heterocycles. The molecular weight excluding hydrogens is 599 g/mol. The van der Waals surface area contributed by atoms with E-state index in [0.717, 1.165) is 54.9 Å². The van der Waals surface area contributed by atoms with Gasteiger partial charge in [0.25, 0.3) is 0 Å². The number of nitrogens with zero attached hydrogens (tertiary/aromatic N) is 3. The fraction of sp³-hybridized carbons (Fsp3) is 0. The molecule has 1 heterocycles. The van der Waals surface area contributed by atoms with E-state index in [-0.39, 0.29) is 5.75 Å². The second-order valence-electron chi connectivity index (χ2n) is 12.2. The molecule has 8 aromatic carbocycles. The van der Waals surface area contributed by atoms with E-state index < -0.39 is 0 Å². The summed E-state index contributed by atoms with van der Waals surface area (Å²) in [6.07, 6.45) is 0. The van der Waals surface area contributed by atoms with E-state index in [1.54, 1.807) is 0 Å². The van der Waals surface area contributed by atoms with Crippen LogP contribution < -0.4 is 0 Å². The first-order valence-corrected chi connectivity index (χ1v) is 16.3. The normalized spacial score (nSPS) is 11.3. The molecule has 0 atom stereocenters. The first-order valence-electron chi connectivity index (χ1n) is 16.3. The third-order valence-corrected chi connectivity index (χ3v) is 9.23. The number of hydrogen-bond acceptors (Lipinski definition) is 4. The number of rotatable bonds is 5. The monoisotopic (exact) mass is 627 g/mol. The molecule has 0 aliphatic carbocycles. The van der Waals surface area contributed by atoms with Crippen LogP contribution in [0.4, 0.5) is 0 Å². The van der Waals surface area contributed by atoms with Gasteiger partial charge in [0.15, 0.2) is 17.5 Å². The van der Waals surface area contributed by atoms with E-state index in [4.69, 9.17) is 15.0 Å². The fourth-order valence-corrected chi connectivity index (χ4v) is 6.84. The Morgan fingerprint density at radius 2 is 0.857 bits per heavy atom. The standard InChI is InChI=1S/C45H29N3O/c49-42-38(37-21-11-18-29-12-7-9-19-35(29)37)26-27-39(41(42)32-14-3-1-4-15-32)45-47-43(33-16-5-2-6-17-33)46-44(48-45)34-25-24-31-23-22-30-13-8-10-20-36(30)40(31)28-34/h1-28,49H. The van der Waals surface area contributed by atoms with Crippen LogP contribution in [-0.2, 0) is 0 Å². The van der Waals surface area contributed by atoms with Crippen molar-refractivity contribution in [1.29, 1.82) is 0 Å². The Morgan fingerprint density at radius 1 is 0.327 bits per heavy atom. The molecule has 0 radical (unpaired) electrons. The summed E-state index contributed by atoms with van der Waals surface area (Å²) < 4.78 is 0. The van der Waals surface area contributed by atoms with Crippen molar-refractivity contribution < 1.29 is 5.11 Å². The molecule has 4 heteroatoms. The summed E-state index contributed by atoms with van der Waals surface area (Å²) in [5, 5.41) is 19.1. The lowest BCUT2D eigenvalue weighted by Gasteiger charge is -2.17. The molecule has 9 aromatic rings. The molecule has 0 bridgehead atoms. The minimum Gasteiger partial charge on any atom is -0.507 e. The molecule has 0 unspecified atom stereocenters. The molecule has 1 N–H and O–H groups in total. The van der Waals surface area contributed by atoms with Gasteiger partial charge in [0, 0.05) is 27.8 Å². The summed E-state index contributed by atoms with van der Waals surface area (Å²) in [6.45, 7) is 0. The molecule has 49 heavy (non-hydrogen) atoms. The van der Waals surface area contributed by atoms with Crippen LogP contribution in [0.5, 0.6) is 5.75 Å². The minimum absolute atomic E-state index is 0.181. The highest BCUT2D eigenvalue weighted by atomic mass is 16.3. The summed E-state index contributed by atoms with van der Waals surface area (Å²) >= 11 is 0. The van der Waals surface area contributed by atoms with Gasteiger partial charge >= 0.3 is 0 Å². The SMILES string of the molecule is Oc1c(-c2cccc3ccccc23)ccc(-c2nc(-c3ccccc3)nc(-c3ccc4ccc5ccccc5c4c3)n2)c1-c1ccccc1. The van der Waals surface area contributed by atoms with E-state index in [1.165, 1.54) is 10.8 Å². The maximum Gasteiger partial charge on any atom is 0.164 e. The van der Waals surface area contributed by atoms with Gasteiger partial charge < -0.3 is 5.11 Å². The van der Waals surface area contributed by atoms with Crippen molar-refractivity contribution in [1.82, 2.24) is 15.0 Å². The van der Waals surface area contributed by atoms with Crippen LogP contribution >= 0.6 is 0 Å². The Bertz CT molecular complexity index is 2660. The van der Waals surface area contributed by atoms with Gasteiger partial charge in [0.2, 0.25) is 0 Å². The number of phenolic OH excluding ortho intramolecular Hbond substituents is 1. The zero-order chi connectivity index (χ0) is 32.7. The number of fused-ring (bicyclic) bond motifs is 4. The summed E-state index contributed by atoms with van der Waals surface area (Å²) in [5.74, 6) is 1.80. The Kier molecular flexibility index (Phi) is 6.91. The lowest BCUT2D eigenvalue weighted by atomic mass is 9.90. The van der Waals surface area contributed by atoms with E-state index in [1.807, 2.05) is 91.0 Å². The number of phenols is 1. The molecule has 1 aromatic heterocycles. The average molecular weight is 628 g/mol. The van der Waals surface area contributed by atoms with Gasteiger partial charge in [-0.2, -0.15) is 0 Å². The Labute approximate surface area is 283 Å². The highest BCUT2D eigenvalue weighted by Gasteiger charge is 2.22. The highest BCUT2D eigenvalue weighted by molar-refractivity contribution is 6.08. The lowest BCUT2D eigenvalue weighted by molar-refractivity contribution is 0.479. The topological polar surface area (TPSA) is 58.9 Å². The Hall–Kier alpha value is -6.65. The van der Waals surface area contributed by atoms with Crippen molar-refractivity contribution in [3.63, 3.8) is 0 Å². The van der Waals surface area contributed by atoms with Crippen LogP contribution in [-0.4, -0.2) is 20.1 Å². The van der Waals surface area contributed by atoms with Gasteiger partial charge in [-0.1, -0.05) is 152 Å². The molecular formula is C45H29N3O. The molecule has 0 saturated heterocycles. The van der Waals surface area contributed by atoms with Crippen molar-refractivity contribution in [2.75, 3.05) is 0 Å². The van der Waals surface area contributed by atoms with Gasteiger partial charge in [-0.3, -0.25) is 0 Å². The molecule has 9 rings (SSSR count). The van der Waals surface area contributed by atoms with Gasteiger partial charge in [-0.05, 0) is 61.6 Å². The number of aromatic hydroxyl groups is 1. The van der Waals surface area contributed by atoms with E-state index in [2.05, 4.69) is 78.9 Å². The van der Waals surface area contributed by atoms with E-state index in [0.29, 0.717) is 23.0 Å². The number of aromatic nitrogens is 3. The largest absolute Gasteiger partial charge is 0.507 e. The molecule has 0 spiro atoms. The zero-order valence-electron chi connectivity index (χ0n) is 26.5. The number of hydrogen-bond donors (Lipinski definition) is 1. The Morgan fingerprint density at radius 3 is 1.61 bits per heavy atom. The van der Waals surface area contributed by atoms with Crippen LogP contribution in [0.1, 0.15) is 0 Å². The average Bonchev–Trinajstić information content (AvgIpc) is 3.18. The third-order valence-electron chi connectivity index (χ3n) is 9.23. The quantitative estimate of drug-likeness (QED) is 0.193. The molecule has 0 amide bonds. The van der Waals surface area contributed by atoms with Gasteiger partial charge in [0.05, 0.1) is 0 Å². The zero-order valence-corrected chi connectivity index (χ0v) is 26.5. The van der Waals surface area contributed by atoms with Crippen LogP contribution in [0.2, 0.25) is 0 Å². The fourth-order valence-electron chi connectivity index (χ4n) is 6.84. The van der Waals surface area contributed by atoms with Crippen molar-refractivity contribution in [2.24, 2.45) is 0 Å². The second-order valence-corrected chi connectivity index (χ2v) is 12.2. The van der Waals surface area contributed by atoms with Crippen molar-refractivity contribution in [2.45, 2.75) is 0 Å². The number of benzene rings is 8. The summed E-state index contributed by atoms with van der Waals surface area (Å²) in [4.78, 5) is 15.2. The van der Waals surface area contributed by atoms with Gasteiger partial charge in [-0.25, -0.2) is 15.0 Å². The van der Waals surface area contributed by atoms with E-state index >= 15 is 0 Å². The first kappa shape index (κ1) is 28.6. The maximum absolute atomic E-state index is 12.2. The predicted octanol–water partition coefficient (Wildman–Crippen LogP) is 11.4. The second kappa shape index (κ2) is 11.9. The maximum atomic E-state index is 12.2. The van der Waals surface area contributed by atoms with Crippen LogP contribution in [0.15, 0.2) is 170 Å². The van der Waals surface area contributed by atoms with Gasteiger partial charge in [0.1, 0.15) is 5.75 Å². The molecule has 230 valence electrons.